The van der Waals surface area contributed by atoms with Crippen LogP contribution in [-0.4, -0.2) is 37.8 Å². The molecule has 0 unspecified atom stereocenters. The zero-order valence-corrected chi connectivity index (χ0v) is 13.1. The van der Waals surface area contributed by atoms with Crippen molar-refractivity contribution in [2.45, 2.75) is 24.7 Å². The molecule has 0 bridgehead atoms. The van der Waals surface area contributed by atoms with Gasteiger partial charge in [0.25, 0.3) is 0 Å². The highest BCUT2D eigenvalue weighted by atomic mass is 32.2. The van der Waals surface area contributed by atoms with Crippen LogP contribution in [0.3, 0.4) is 0 Å². The van der Waals surface area contributed by atoms with Gasteiger partial charge in [0.2, 0.25) is 10.0 Å². The fourth-order valence-corrected chi connectivity index (χ4v) is 4.07. The Morgan fingerprint density at radius 3 is 2.74 bits per heavy atom. The van der Waals surface area contributed by atoms with E-state index in [4.69, 9.17) is 5.73 Å². The maximum atomic E-state index is 12.0. The molecule has 19 heavy (non-hydrogen) atoms. The molecule has 0 heterocycles. The van der Waals surface area contributed by atoms with Gasteiger partial charge in [-0.25, -0.2) is 12.7 Å². The van der Waals surface area contributed by atoms with Gasteiger partial charge in [0.1, 0.15) is 0 Å². The molecule has 6 heteroatoms. The van der Waals surface area contributed by atoms with E-state index in [9.17, 15) is 8.42 Å². The maximum absolute atomic E-state index is 12.0. The number of thioether (sulfide) groups is 1. The third-order valence-corrected chi connectivity index (χ3v) is 5.88. The van der Waals surface area contributed by atoms with Crippen molar-refractivity contribution in [1.29, 1.82) is 0 Å². The lowest BCUT2D eigenvalue weighted by molar-refractivity contribution is 0.460. The molecule has 0 aromatic heterocycles. The number of benzene rings is 1. The Balaban J connectivity index is 2.43. The van der Waals surface area contributed by atoms with E-state index < -0.39 is 10.0 Å². The van der Waals surface area contributed by atoms with Crippen molar-refractivity contribution in [3.63, 3.8) is 0 Å². The first-order valence-corrected chi connectivity index (χ1v) is 8.97. The van der Waals surface area contributed by atoms with Crippen LogP contribution < -0.4 is 5.73 Å². The van der Waals surface area contributed by atoms with Gasteiger partial charge in [0, 0.05) is 29.9 Å². The molecule has 0 aliphatic rings. The van der Waals surface area contributed by atoms with Gasteiger partial charge in [-0.05, 0) is 24.6 Å². The number of nitrogens with zero attached hydrogens (tertiary/aromatic N) is 1. The number of rotatable bonds is 8. The lowest BCUT2D eigenvalue weighted by Crippen LogP contribution is -2.30. The smallest absolute Gasteiger partial charge is 0.214 e. The van der Waals surface area contributed by atoms with Gasteiger partial charge in [0.05, 0.1) is 5.75 Å². The van der Waals surface area contributed by atoms with Gasteiger partial charge in [-0.1, -0.05) is 19.4 Å². The highest BCUT2D eigenvalue weighted by Gasteiger charge is 2.16. The highest BCUT2D eigenvalue weighted by Crippen LogP contribution is 2.20. The minimum atomic E-state index is -3.13. The van der Waals surface area contributed by atoms with Crippen molar-refractivity contribution in [3.8, 4) is 0 Å². The second-order valence-corrected chi connectivity index (χ2v) is 7.78. The van der Waals surface area contributed by atoms with Crippen LogP contribution in [-0.2, 0) is 10.0 Å². The fourth-order valence-electron chi connectivity index (χ4n) is 1.54. The van der Waals surface area contributed by atoms with Gasteiger partial charge in [-0.2, -0.15) is 0 Å². The molecule has 0 fully saturated rings. The average molecular weight is 302 g/mol. The molecular formula is C13H22N2O2S2. The predicted molar refractivity (Wildman–Crippen MR) is 82.9 cm³/mol. The number of hydrogen-bond donors (Lipinski definition) is 1. The largest absolute Gasteiger partial charge is 0.399 e. The number of hydrogen-bond acceptors (Lipinski definition) is 4. The molecule has 0 spiro atoms. The predicted octanol–water partition coefficient (Wildman–Crippen LogP) is 2.42. The normalized spacial score (nSPS) is 11.9. The Morgan fingerprint density at radius 1 is 1.37 bits per heavy atom. The Bertz CT molecular complexity index is 489. The van der Waals surface area contributed by atoms with Crippen LogP contribution in [0.2, 0.25) is 0 Å². The van der Waals surface area contributed by atoms with E-state index >= 15 is 0 Å². The van der Waals surface area contributed by atoms with E-state index in [1.54, 1.807) is 7.05 Å². The van der Waals surface area contributed by atoms with Crippen molar-refractivity contribution < 1.29 is 8.42 Å². The minimum absolute atomic E-state index is 0.159. The summed E-state index contributed by atoms with van der Waals surface area (Å²) in [6, 6.07) is 7.49. The third kappa shape index (κ3) is 5.84. The molecule has 0 amide bonds. The van der Waals surface area contributed by atoms with Crippen molar-refractivity contribution in [3.05, 3.63) is 24.3 Å². The Kier molecular flexibility index (Phi) is 6.68. The average Bonchev–Trinajstić information content (AvgIpc) is 2.35. The highest BCUT2D eigenvalue weighted by molar-refractivity contribution is 8.00. The number of sulfonamides is 1. The van der Waals surface area contributed by atoms with Crippen LogP contribution in [0.5, 0.6) is 0 Å². The summed E-state index contributed by atoms with van der Waals surface area (Å²) in [4.78, 5) is 1.01. The third-order valence-electron chi connectivity index (χ3n) is 2.77. The quantitative estimate of drug-likeness (QED) is 0.592. The molecule has 0 saturated carbocycles. The Morgan fingerprint density at radius 2 is 2.11 bits per heavy atom. The molecule has 4 nitrogen and oxygen atoms in total. The van der Waals surface area contributed by atoms with Crippen molar-refractivity contribution in [1.82, 2.24) is 4.31 Å². The molecule has 0 aliphatic carbocycles. The summed E-state index contributed by atoms with van der Waals surface area (Å²) in [6.45, 7) is 2.65. The number of unbranched alkanes of at least 4 members (excludes halogenated alkanes) is 1. The number of anilines is 1. The lowest BCUT2D eigenvalue weighted by atomic mass is 10.3. The van der Waals surface area contributed by atoms with Gasteiger partial charge < -0.3 is 5.73 Å². The summed E-state index contributed by atoms with van der Waals surface area (Å²) in [6.07, 6.45) is 1.90. The van der Waals surface area contributed by atoms with Crippen LogP contribution >= 0.6 is 11.8 Å². The van der Waals surface area contributed by atoms with Crippen molar-refractivity contribution >= 4 is 27.5 Å². The monoisotopic (exact) mass is 302 g/mol. The van der Waals surface area contributed by atoms with E-state index in [0.29, 0.717) is 18.0 Å². The Labute approximate surface area is 120 Å². The molecule has 0 atom stereocenters. The summed E-state index contributed by atoms with van der Waals surface area (Å²) >= 11 is 1.52. The summed E-state index contributed by atoms with van der Waals surface area (Å²) in [5.41, 5.74) is 6.38. The van der Waals surface area contributed by atoms with E-state index in [0.717, 1.165) is 17.7 Å². The molecule has 1 aromatic rings. The number of nitrogens with two attached hydrogens (primary N) is 1. The molecule has 1 rings (SSSR count). The van der Waals surface area contributed by atoms with Crippen LogP contribution in [0.25, 0.3) is 0 Å². The van der Waals surface area contributed by atoms with E-state index in [1.165, 1.54) is 16.1 Å². The van der Waals surface area contributed by atoms with Gasteiger partial charge in [-0.15, -0.1) is 11.8 Å². The zero-order valence-electron chi connectivity index (χ0n) is 11.5. The second-order valence-electron chi connectivity index (χ2n) is 4.41. The summed E-state index contributed by atoms with van der Waals surface area (Å²) in [5.74, 6) is 0.703. The van der Waals surface area contributed by atoms with E-state index in [1.807, 2.05) is 24.3 Å². The molecule has 0 radical (unpaired) electrons. The van der Waals surface area contributed by atoms with Gasteiger partial charge >= 0.3 is 0 Å². The van der Waals surface area contributed by atoms with Crippen LogP contribution in [0, 0.1) is 0 Å². The maximum Gasteiger partial charge on any atom is 0.214 e. The molecule has 2 N–H and O–H groups in total. The topological polar surface area (TPSA) is 63.4 Å². The fraction of sp³-hybridized carbons (Fsp3) is 0.538. The number of nitrogen functional groups attached to an aromatic ring is 1. The molecular weight excluding hydrogens is 280 g/mol. The van der Waals surface area contributed by atoms with Crippen LogP contribution in [0.4, 0.5) is 5.69 Å². The molecule has 1 aromatic carbocycles. The molecule has 108 valence electrons. The standard InChI is InChI=1S/C13H22N2O2S2/c1-3-4-8-15(2)19(16,17)10-9-18-13-7-5-6-12(14)11-13/h5-7,11H,3-4,8-10,14H2,1-2H3. The lowest BCUT2D eigenvalue weighted by Gasteiger charge is -2.16. The first-order chi connectivity index (χ1) is 8.95. The zero-order chi connectivity index (χ0) is 14.3. The van der Waals surface area contributed by atoms with Crippen LogP contribution in [0.1, 0.15) is 19.8 Å². The summed E-state index contributed by atoms with van der Waals surface area (Å²) in [5, 5.41) is 0. The second kappa shape index (κ2) is 7.77. The Hall–Kier alpha value is -0.720. The molecule has 0 aliphatic heterocycles. The van der Waals surface area contributed by atoms with Crippen molar-refractivity contribution in [2.24, 2.45) is 0 Å². The van der Waals surface area contributed by atoms with Gasteiger partial charge in [0.15, 0.2) is 0 Å². The first-order valence-electron chi connectivity index (χ1n) is 6.38. The van der Waals surface area contributed by atoms with Crippen LogP contribution in [0.15, 0.2) is 29.2 Å². The van der Waals surface area contributed by atoms with Crippen molar-refractivity contribution in [2.75, 3.05) is 30.8 Å². The first kappa shape index (κ1) is 16.3. The minimum Gasteiger partial charge on any atom is -0.399 e. The SMILES string of the molecule is CCCCN(C)S(=O)(=O)CCSc1cccc(N)c1. The van der Waals surface area contributed by atoms with E-state index in [-0.39, 0.29) is 5.75 Å². The molecule has 0 saturated heterocycles. The van der Waals surface area contributed by atoms with Gasteiger partial charge in [-0.3, -0.25) is 0 Å². The summed E-state index contributed by atoms with van der Waals surface area (Å²) < 4.78 is 25.4. The summed E-state index contributed by atoms with van der Waals surface area (Å²) in [7, 11) is -1.48. The van der Waals surface area contributed by atoms with E-state index in [2.05, 4.69) is 6.92 Å².